The van der Waals surface area contributed by atoms with E-state index in [4.69, 9.17) is 23.2 Å². The SMILES string of the molecule is ClC=C1C=CC=C1Cl. The van der Waals surface area contributed by atoms with E-state index in [1.807, 2.05) is 12.2 Å². The molecule has 0 saturated carbocycles. The van der Waals surface area contributed by atoms with Crippen LogP contribution in [0.25, 0.3) is 0 Å². The highest BCUT2D eigenvalue weighted by atomic mass is 35.5. The van der Waals surface area contributed by atoms with Gasteiger partial charge in [-0.3, -0.25) is 0 Å². The monoisotopic (exact) mass is 146 g/mol. The Hall–Kier alpha value is -0.200. The lowest BCUT2D eigenvalue weighted by Gasteiger charge is -1.86. The van der Waals surface area contributed by atoms with Crippen LogP contribution < -0.4 is 0 Å². The van der Waals surface area contributed by atoms with Gasteiger partial charge in [-0.05, 0) is 6.08 Å². The number of hydrogen-bond donors (Lipinski definition) is 0. The molecule has 0 unspecified atom stereocenters. The van der Waals surface area contributed by atoms with Crippen LogP contribution in [0.15, 0.2) is 34.4 Å². The van der Waals surface area contributed by atoms with E-state index in [0.29, 0.717) is 5.03 Å². The molecule has 0 aromatic carbocycles. The Morgan fingerprint density at radius 3 is 2.50 bits per heavy atom. The molecule has 0 atom stereocenters. The molecule has 0 aliphatic heterocycles. The van der Waals surface area contributed by atoms with E-state index < -0.39 is 0 Å². The van der Waals surface area contributed by atoms with Crippen LogP contribution >= 0.6 is 23.2 Å². The molecule has 0 aromatic rings. The third kappa shape index (κ3) is 0.960. The van der Waals surface area contributed by atoms with Crippen molar-refractivity contribution in [1.82, 2.24) is 0 Å². The number of hydrogen-bond acceptors (Lipinski definition) is 0. The van der Waals surface area contributed by atoms with E-state index in [9.17, 15) is 0 Å². The molecule has 1 rings (SSSR count). The Morgan fingerprint density at radius 1 is 1.50 bits per heavy atom. The van der Waals surface area contributed by atoms with Gasteiger partial charge in [-0.1, -0.05) is 35.4 Å². The zero-order chi connectivity index (χ0) is 5.98. The minimum atomic E-state index is 0.708. The Kier molecular flexibility index (Phi) is 1.77. The van der Waals surface area contributed by atoms with Gasteiger partial charge in [-0.2, -0.15) is 0 Å². The average Bonchev–Trinajstić information content (AvgIpc) is 2.14. The normalized spacial score (nSPS) is 22.2. The molecule has 1 aliphatic rings. The predicted molar refractivity (Wildman–Crippen MR) is 37.0 cm³/mol. The lowest BCUT2D eigenvalue weighted by molar-refractivity contribution is 1.77. The fraction of sp³-hybridized carbons (Fsp3) is 0. The van der Waals surface area contributed by atoms with Gasteiger partial charge < -0.3 is 0 Å². The fourth-order valence-corrected chi connectivity index (χ4v) is 0.937. The van der Waals surface area contributed by atoms with Crippen LogP contribution in [0.2, 0.25) is 0 Å². The quantitative estimate of drug-likeness (QED) is 0.494. The van der Waals surface area contributed by atoms with Crippen molar-refractivity contribution in [2.24, 2.45) is 0 Å². The first-order chi connectivity index (χ1) is 3.84. The predicted octanol–water partition coefficient (Wildman–Crippen LogP) is 2.80. The van der Waals surface area contributed by atoms with Crippen molar-refractivity contribution in [1.29, 1.82) is 0 Å². The first-order valence-electron chi connectivity index (χ1n) is 2.19. The summed E-state index contributed by atoms with van der Waals surface area (Å²) in [4.78, 5) is 0. The van der Waals surface area contributed by atoms with E-state index in [2.05, 4.69) is 0 Å². The molecule has 1 aliphatic carbocycles. The van der Waals surface area contributed by atoms with E-state index in [0.717, 1.165) is 5.57 Å². The molecule has 0 aromatic heterocycles. The zero-order valence-corrected chi connectivity index (χ0v) is 5.58. The van der Waals surface area contributed by atoms with Crippen molar-refractivity contribution in [3.05, 3.63) is 34.4 Å². The van der Waals surface area contributed by atoms with E-state index >= 15 is 0 Å². The van der Waals surface area contributed by atoms with Crippen molar-refractivity contribution < 1.29 is 0 Å². The molecule has 0 bridgehead atoms. The van der Waals surface area contributed by atoms with Gasteiger partial charge in [0, 0.05) is 16.1 Å². The average molecular weight is 147 g/mol. The Labute approximate surface area is 58.1 Å². The van der Waals surface area contributed by atoms with Crippen molar-refractivity contribution in [2.45, 2.75) is 0 Å². The van der Waals surface area contributed by atoms with Crippen molar-refractivity contribution in [3.8, 4) is 0 Å². The highest BCUT2D eigenvalue weighted by molar-refractivity contribution is 6.35. The molecule has 0 fully saturated rings. The molecule has 0 amide bonds. The molecule has 0 nitrogen and oxygen atoms in total. The highest BCUT2D eigenvalue weighted by Gasteiger charge is 1.99. The van der Waals surface area contributed by atoms with E-state index in [-0.39, 0.29) is 0 Å². The van der Waals surface area contributed by atoms with Gasteiger partial charge in [-0.25, -0.2) is 0 Å². The van der Waals surface area contributed by atoms with Crippen LogP contribution in [0.5, 0.6) is 0 Å². The fourth-order valence-electron chi connectivity index (χ4n) is 0.501. The topological polar surface area (TPSA) is 0 Å². The van der Waals surface area contributed by atoms with Gasteiger partial charge in [0.25, 0.3) is 0 Å². The van der Waals surface area contributed by atoms with E-state index in [1.165, 1.54) is 5.54 Å². The van der Waals surface area contributed by atoms with Crippen LogP contribution in [-0.4, -0.2) is 0 Å². The van der Waals surface area contributed by atoms with Gasteiger partial charge in [0.2, 0.25) is 0 Å². The molecule has 0 heterocycles. The Bertz CT molecular complexity index is 175. The first-order valence-corrected chi connectivity index (χ1v) is 3.00. The molecule has 0 radical (unpaired) electrons. The molecule has 42 valence electrons. The second-order valence-corrected chi connectivity index (χ2v) is 2.06. The molecular formula is C6H4Cl2. The summed E-state index contributed by atoms with van der Waals surface area (Å²) in [6, 6.07) is 0. The first kappa shape index (κ1) is 5.93. The summed E-state index contributed by atoms with van der Waals surface area (Å²) in [6.45, 7) is 0. The lowest BCUT2D eigenvalue weighted by atomic mass is 10.3. The van der Waals surface area contributed by atoms with Crippen LogP contribution in [0.1, 0.15) is 0 Å². The van der Waals surface area contributed by atoms with Crippen LogP contribution in [0.4, 0.5) is 0 Å². The van der Waals surface area contributed by atoms with Crippen LogP contribution in [0, 0.1) is 0 Å². The molecule has 8 heavy (non-hydrogen) atoms. The molecule has 0 saturated heterocycles. The maximum Gasteiger partial charge on any atom is 0.0487 e. The summed E-state index contributed by atoms with van der Waals surface area (Å²) in [5.41, 5.74) is 2.34. The Balaban J connectivity index is 2.88. The maximum absolute atomic E-state index is 5.62. The minimum Gasteiger partial charge on any atom is -0.0922 e. The molecule has 2 heteroatoms. The maximum atomic E-state index is 5.62. The third-order valence-electron chi connectivity index (χ3n) is 0.912. The molecule has 0 spiro atoms. The summed E-state index contributed by atoms with van der Waals surface area (Å²) in [7, 11) is 0. The van der Waals surface area contributed by atoms with Crippen molar-refractivity contribution >= 4 is 23.2 Å². The van der Waals surface area contributed by atoms with E-state index in [1.54, 1.807) is 6.08 Å². The van der Waals surface area contributed by atoms with Crippen molar-refractivity contribution in [2.75, 3.05) is 0 Å². The van der Waals surface area contributed by atoms with Gasteiger partial charge >= 0.3 is 0 Å². The zero-order valence-electron chi connectivity index (χ0n) is 4.07. The number of rotatable bonds is 0. The van der Waals surface area contributed by atoms with Crippen molar-refractivity contribution in [3.63, 3.8) is 0 Å². The third-order valence-corrected chi connectivity index (χ3v) is 1.49. The van der Waals surface area contributed by atoms with Crippen LogP contribution in [0.3, 0.4) is 0 Å². The second-order valence-electron chi connectivity index (χ2n) is 1.44. The highest BCUT2D eigenvalue weighted by Crippen LogP contribution is 2.21. The second kappa shape index (κ2) is 2.38. The molecule has 0 N–H and O–H groups in total. The molecular weight excluding hydrogens is 143 g/mol. The summed E-state index contributed by atoms with van der Waals surface area (Å²) in [6.07, 6.45) is 5.52. The minimum absolute atomic E-state index is 0.708. The Morgan fingerprint density at radius 2 is 2.25 bits per heavy atom. The smallest absolute Gasteiger partial charge is 0.0487 e. The summed E-state index contributed by atoms with van der Waals surface area (Å²) < 4.78 is 0. The summed E-state index contributed by atoms with van der Waals surface area (Å²) in [5, 5.41) is 0.708. The van der Waals surface area contributed by atoms with Crippen LogP contribution in [-0.2, 0) is 0 Å². The summed E-state index contributed by atoms with van der Waals surface area (Å²) >= 11 is 11.0. The van der Waals surface area contributed by atoms with Gasteiger partial charge in [0.15, 0.2) is 0 Å². The number of halogens is 2. The van der Waals surface area contributed by atoms with Gasteiger partial charge in [-0.15, -0.1) is 0 Å². The number of allylic oxidation sites excluding steroid dienone is 5. The standard InChI is InChI=1S/C6H4Cl2/c7-4-5-2-1-3-6(5)8/h1-4H. The largest absolute Gasteiger partial charge is 0.0922 e. The lowest BCUT2D eigenvalue weighted by Crippen LogP contribution is -1.66. The summed E-state index contributed by atoms with van der Waals surface area (Å²) in [5.74, 6) is 0. The van der Waals surface area contributed by atoms with Gasteiger partial charge in [0.1, 0.15) is 0 Å². The van der Waals surface area contributed by atoms with Gasteiger partial charge in [0.05, 0.1) is 0 Å².